The molecule has 0 unspecified atom stereocenters. The van der Waals surface area contributed by atoms with E-state index in [1.165, 1.54) is 0 Å². The van der Waals surface area contributed by atoms with Gasteiger partial charge in [0, 0.05) is 37.8 Å². The van der Waals surface area contributed by atoms with Gasteiger partial charge in [0.1, 0.15) is 0 Å². The Morgan fingerprint density at radius 1 is 1.00 bits per heavy atom. The van der Waals surface area contributed by atoms with Crippen LogP contribution in [0.2, 0.25) is 0 Å². The molecule has 0 aromatic carbocycles. The van der Waals surface area contributed by atoms with Crippen LogP contribution in [0, 0.1) is 0 Å². The minimum absolute atomic E-state index is 0. The molecule has 0 atom stereocenters. The molecule has 0 aliphatic heterocycles. The predicted octanol–water partition coefficient (Wildman–Crippen LogP) is -2.49. The van der Waals surface area contributed by atoms with Crippen molar-refractivity contribution < 1.29 is 45.6 Å². The average molecular weight is 163 g/mol. The Hall–Kier alpha value is -0.190. The molecule has 0 aromatic heterocycles. The molecule has 0 amide bonds. The van der Waals surface area contributed by atoms with E-state index in [1.807, 2.05) is 0 Å². The number of rotatable bonds is 0. The van der Waals surface area contributed by atoms with Crippen molar-refractivity contribution in [3.8, 4) is 0 Å². The molecule has 9 heavy (non-hydrogen) atoms. The average Bonchev–Trinajstić information content (AvgIpc) is 1.25. The van der Waals surface area contributed by atoms with E-state index >= 15 is 0 Å². The molecule has 0 saturated carbocycles. The van der Waals surface area contributed by atoms with Crippen LogP contribution in [0.4, 0.5) is 0 Å². The first-order valence-electron chi connectivity index (χ1n) is 1.82. The molecule has 0 N–H and O–H groups in total. The monoisotopic (exact) mass is 163 g/mol. The third kappa shape index (κ3) is 7310. The zero-order chi connectivity index (χ0) is 7.15. The zero-order valence-electron chi connectivity index (χ0n) is 5.21. The van der Waals surface area contributed by atoms with Crippen molar-refractivity contribution >= 4 is 11.9 Å². The second-order valence-electron chi connectivity index (χ2n) is 0.983. The van der Waals surface area contributed by atoms with E-state index in [9.17, 15) is 0 Å². The zero-order valence-corrected chi connectivity index (χ0v) is 7.01. The molecule has 5 heteroatoms. The van der Waals surface area contributed by atoms with Gasteiger partial charge in [-0.3, -0.25) is 0 Å². The second-order valence-corrected chi connectivity index (χ2v) is 0.983. The fraction of sp³-hybridized carbons (Fsp3) is 0.500. The summed E-state index contributed by atoms with van der Waals surface area (Å²) in [5, 5.41) is 17.8. The van der Waals surface area contributed by atoms with Crippen molar-refractivity contribution in [1.82, 2.24) is 0 Å². The molecule has 0 fully saturated rings. The molecule has 0 aliphatic rings. The molecular weight excluding hydrogens is 157 g/mol. The Bertz CT molecular complexity index is 70.6. The third-order valence-corrected chi connectivity index (χ3v) is 0. The van der Waals surface area contributed by atoms with Crippen LogP contribution >= 0.6 is 0 Å². The van der Waals surface area contributed by atoms with Gasteiger partial charge in [-0.15, -0.1) is 0 Å². The van der Waals surface area contributed by atoms with E-state index in [0.29, 0.717) is 0 Å². The van der Waals surface area contributed by atoms with Gasteiger partial charge in [0.2, 0.25) is 0 Å². The Morgan fingerprint density at radius 2 is 1.00 bits per heavy atom. The van der Waals surface area contributed by atoms with Gasteiger partial charge in [0.25, 0.3) is 0 Å². The van der Waals surface area contributed by atoms with Crippen LogP contribution in [0.3, 0.4) is 0 Å². The van der Waals surface area contributed by atoms with Gasteiger partial charge in [0.05, 0.1) is 0 Å². The molecule has 51 valence electrons. The maximum atomic E-state index is 8.89. The summed E-state index contributed by atoms with van der Waals surface area (Å²) in [6.07, 6.45) is 0. The number of carboxylic acid groups (broad SMARTS) is 2. The van der Waals surface area contributed by atoms with E-state index in [0.717, 1.165) is 13.8 Å². The van der Waals surface area contributed by atoms with E-state index in [-0.39, 0.29) is 25.8 Å². The minimum Gasteiger partial charge on any atom is -0.550 e. The first-order valence-corrected chi connectivity index (χ1v) is 1.82. The van der Waals surface area contributed by atoms with Crippen molar-refractivity contribution in [1.29, 1.82) is 0 Å². The fourth-order valence-electron chi connectivity index (χ4n) is 0. The molecule has 1 radical (unpaired) electrons. The van der Waals surface area contributed by atoms with Crippen molar-refractivity contribution in [3.05, 3.63) is 0 Å². The van der Waals surface area contributed by atoms with Crippen LogP contribution in [0.25, 0.3) is 0 Å². The molecule has 0 spiro atoms. The predicted molar refractivity (Wildman–Crippen MR) is 21.4 cm³/mol. The van der Waals surface area contributed by atoms with Crippen LogP contribution in [0.1, 0.15) is 13.8 Å². The summed E-state index contributed by atoms with van der Waals surface area (Å²) in [6, 6.07) is 0. The summed E-state index contributed by atoms with van der Waals surface area (Å²) in [4.78, 5) is 17.8. The summed E-state index contributed by atoms with van der Waals surface area (Å²) >= 11 is 0. The van der Waals surface area contributed by atoms with Crippen LogP contribution < -0.4 is 10.2 Å². The van der Waals surface area contributed by atoms with Crippen molar-refractivity contribution in [2.75, 3.05) is 0 Å². The molecule has 0 rings (SSSR count). The number of hydrogen-bond acceptors (Lipinski definition) is 4. The van der Waals surface area contributed by atoms with E-state index in [2.05, 4.69) is 0 Å². The fourth-order valence-corrected chi connectivity index (χ4v) is 0. The van der Waals surface area contributed by atoms with Crippen LogP contribution in [-0.4, -0.2) is 11.9 Å². The summed E-state index contributed by atoms with van der Waals surface area (Å²) in [5.74, 6) is -2.17. The van der Waals surface area contributed by atoms with Crippen LogP contribution in [0.15, 0.2) is 0 Å². The maximum Gasteiger partial charge on any atom is 0.0383 e. The summed E-state index contributed by atoms with van der Waals surface area (Å²) in [7, 11) is 0. The van der Waals surface area contributed by atoms with Crippen molar-refractivity contribution in [3.63, 3.8) is 0 Å². The van der Waals surface area contributed by atoms with Gasteiger partial charge in [-0.25, -0.2) is 0 Å². The van der Waals surface area contributed by atoms with Gasteiger partial charge < -0.3 is 19.8 Å². The Morgan fingerprint density at radius 3 is 1.00 bits per heavy atom. The standard InChI is InChI=1S/2C2H4O2.Sc/c2*1-2(3)4;/h2*1H3,(H,3,4);/p-2. The molecule has 0 aromatic rings. The first kappa shape index (κ1) is 15.9. The van der Waals surface area contributed by atoms with E-state index in [4.69, 9.17) is 19.8 Å². The SMILES string of the molecule is CC(=O)[O-].CC(=O)[O-].[Sc]. The molecule has 0 bridgehead atoms. The maximum absolute atomic E-state index is 8.89. The van der Waals surface area contributed by atoms with E-state index < -0.39 is 11.9 Å². The summed E-state index contributed by atoms with van der Waals surface area (Å²) < 4.78 is 0. The summed E-state index contributed by atoms with van der Waals surface area (Å²) in [5.41, 5.74) is 0. The molecular formula is C4H6O4Sc-2. The Kier molecular flexibility index (Phi) is 19.0. The van der Waals surface area contributed by atoms with Gasteiger partial charge >= 0.3 is 0 Å². The first-order chi connectivity index (χ1) is 3.46. The van der Waals surface area contributed by atoms with Crippen LogP contribution in [-0.2, 0) is 35.4 Å². The summed E-state index contributed by atoms with van der Waals surface area (Å²) in [6.45, 7) is 1.94. The van der Waals surface area contributed by atoms with Gasteiger partial charge in [0.15, 0.2) is 0 Å². The van der Waals surface area contributed by atoms with Gasteiger partial charge in [-0.1, -0.05) is 0 Å². The third-order valence-electron chi connectivity index (χ3n) is 0. The molecule has 4 nitrogen and oxygen atoms in total. The van der Waals surface area contributed by atoms with E-state index in [1.54, 1.807) is 0 Å². The number of hydrogen-bond donors (Lipinski definition) is 0. The largest absolute Gasteiger partial charge is 0.550 e. The number of carboxylic acids is 2. The normalized spacial score (nSPS) is 5.56. The quantitative estimate of drug-likeness (QED) is 0.395. The topological polar surface area (TPSA) is 80.3 Å². The smallest absolute Gasteiger partial charge is 0.0383 e. The molecule has 0 heterocycles. The van der Waals surface area contributed by atoms with Crippen molar-refractivity contribution in [2.45, 2.75) is 13.8 Å². The Balaban J connectivity index is -0.0000000720. The Labute approximate surface area is 71.7 Å². The van der Waals surface area contributed by atoms with Crippen LogP contribution in [0.5, 0.6) is 0 Å². The van der Waals surface area contributed by atoms with Gasteiger partial charge in [-0.05, 0) is 13.8 Å². The minimum atomic E-state index is -1.08. The number of carbonyl (C=O) groups excluding carboxylic acids is 2. The second kappa shape index (κ2) is 10.7. The molecule has 0 saturated heterocycles. The van der Waals surface area contributed by atoms with Gasteiger partial charge in [-0.2, -0.15) is 0 Å². The van der Waals surface area contributed by atoms with Crippen molar-refractivity contribution in [2.24, 2.45) is 0 Å². The molecule has 0 aliphatic carbocycles. The number of aliphatic carboxylic acids is 2. The number of carbonyl (C=O) groups is 2.